The summed E-state index contributed by atoms with van der Waals surface area (Å²) in [5.41, 5.74) is 10.2. The van der Waals surface area contributed by atoms with Crippen LogP contribution >= 0.6 is 7.14 Å². The standard InChI is InChI=1S/C44H31O3P/c1-28-13-9-11-19-34(28)33-22-24-39-41(26-33)48(45)40-25-32(30-15-5-3-6-16-30)21-23-38(40)47-43-37(35-20-12-10-14-29(35)2)27-36(42(46-39)44(43)48)31-17-7-4-8-18-31/h3-27H,1-2H3. The Labute approximate surface area is 280 Å². The van der Waals surface area contributed by atoms with Crippen molar-refractivity contribution in [2.75, 3.05) is 0 Å². The van der Waals surface area contributed by atoms with E-state index in [0.717, 1.165) is 55.6 Å². The molecule has 0 spiro atoms. The zero-order chi connectivity index (χ0) is 32.4. The van der Waals surface area contributed by atoms with Crippen molar-refractivity contribution < 1.29 is 14.0 Å². The smallest absolute Gasteiger partial charge is 0.185 e. The fourth-order valence-corrected chi connectivity index (χ4v) is 10.3. The Kier molecular flexibility index (Phi) is 6.54. The summed E-state index contributed by atoms with van der Waals surface area (Å²) >= 11 is 0. The van der Waals surface area contributed by atoms with E-state index >= 15 is 4.57 Å². The summed E-state index contributed by atoms with van der Waals surface area (Å²) in [5, 5.41) is 1.99. The molecule has 0 amide bonds. The van der Waals surface area contributed by atoms with Gasteiger partial charge in [0.05, 0.1) is 10.6 Å². The molecule has 230 valence electrons. The van der Waals surface area contributed by atoms with Crippen LogP contribution in [0.25, 0.3) is 44.5 Å². The molecule has 4 heteroatoms. The van der Waals surface area contributed by atoms with Gasteiger partial charge < -0.3 is 14.0 Å². The van der Waals surface area contributed by atoms with Crippen molar-refractivity contribution in [3.8, 4) is 67.5 Å². The molecule has 2 heterocycles. The van der Waals surface area contributed by atoms with Gasteiger partial charge in [-0.05, 0) is 88.7 Å². The number of fused-ring (bicyclic) bond motifs is 4. The summed E-state index contributed by atoms with van der Waals surface area (Å²) in [6.07, 6.45) is 0. The zero-order valence-corrected chi connectivity index (χ0v) is 27.5. The van der Waals surface area contributed by atoms with Crippen LogP contribution in [-0.2, 0) is 4.57 Å². The molecule has 0 N–H and O–H groups in total. The van der Waals surface area contributed by atoms with Gasteiger partial charge in [-0.15, -0.1) is 0 Å². The van der Waals surface area contributed by atoms with E-state index in [1.807, 2.05) is 72.8 Å². The second kappa shape index (κ2) is 11.0. The predicted molar refractivity (Wildman–Crippen MR) is 197 cm³/mol. The van der Waals surface area contributed by atoms with E-state index in [4.69, 9.17) is 9.47 Å². The largest absolute Gasteiger partial charge is 0.455 e. The van der Waals surface area contributed by atoms with Crippen LogP contribution < -0.4 is 25.4 Å². The molecule has 0 bridgehead atoms. The molecule has 1 unspecified atom stereocenters. The minimum atomic E-state index is -3.58. The molecular weight excluding hydrogens is 607 g/mol. The molecule has 2 aliphatic rings. The van der Waals surface area contributed by atoms with Crippen LogP contribution in [0.1, 0.15) is 11.1 Å². The fourth-order valence-electron chi connectivity index (χ4n) is 7.20. The van der Waals surface area contributed by atoms with Crippen molar-refractivity contribution in [3.63, 3.8) is 0 Å². The first-order valence-electron chi connectivity index (χ1n) is 16.2. The molecule has 7 aromatic rings. The van der Waals surface area contributed by atoms with Crippen molar-refractivity contribution >= 4 is 23.1 Å². The van der Waals surface area contributed by atoms with Crippen LogP contribution in [0, 0.1) is 13.8 Å². The van der Waals surface area contributed by atoms with Gasteiger partial charge in [0, 0.05) is 11.1 Å². The number of hydrogen-bond donors (Lipinski definition) is 0. The molecule has 2 aliphatic heterocycles. The average molecular weight is 639 g/mol. The maximum absolute atomic E-state index is 16.7. The quantitative estimate of drug-likeness (QED) is 0.180. The van der Waals surface area contributed by atoms with Crippen LogP contribution in [0.2, 0.25) is 0 Å². The SMILES string of the molecule is Cc1ccccc1-c1ccc2c(c1)P1(=O)c3cc(-c4ccccc4)ccc3Oc3c(-c4ccccc4C)cc(-c4ccccc4)c(c31)O2. The van der Waals surface area contributed by atoms with Crippen LogP contribution in [0.5, 0.6) is 23.0 Å². The first-order valence-corrected chi connectivity index (χ1v) is 17.9. The van der Waals surface area contributed by atoms with Gasteiger partial charge in [-0.25, -0.2) is 0 Å². The minimum absolute atomic E-state index is 0.587. The lowest BCUT2D eigenvalue weighted by Crippen LogP contribution is -2.36. The predicted octanol–water partition coefficient (Wildman–Crippen LogP) is 10.8. The number of benzene rings is 7. The van der Waals surface area contributed by atoms with Gasteiger partial charge in [0.25, 0.3) is 0 Å². The summed E-state index contributed by atoms with van der Waals surface area (Å²) in [4.78, 5) is 0. The van der Waals surface area contributed by atoms with Crippen LogP contribution in [-0.4, -0.2) is 0 Å². The molecule has 0 saturated heterocycles. The molecule has 0 fully saturated rings. The number of rotatable bonds is 4. The molecule has 0 aromatic heterocycles. The molecule has 0 saturated carbocycles. The summed E-state index contributed by atoms with van der Waals surface area (Å²) in [5.74, 6) is 2.39. The summed E-state index contributed by atoms with van der Waals surface area (Å²) < 4.78 is 30.5. The third kappa shape index (κ3) is 4.32. The van der Waals surface area contributed by atoms with Gasteiger partial charge in [0.2, 0.25) is 0 Å². The summed E-state index contributed by atoms with van der Waals surface area (Å²) in [6.45, 7) is 4.21. The maximum atomic E-state index is 16.7. The molecule has 3 nitrogen and oxygen atoms in total. The van der Waals surface area contributed by atoms with E-state index in [1.54, 1.807) is 0 Å². The summed E-state index contributed by atoms with van der Waals surface area (Å²) in [7, 11) is -3.58. The highest BCUT2D eigenvalue weighted by Crippen LogP contribution is 2.62. The van der Waals surface area contributed by atoms with Crippen LogP contribution in [0.15, 0.2) is 152 Å². The Morgan fingerprint density at radius 1 is 0.417 bits per heavy atom. The monoisotopic (exact) mass is 638 g/mol. The van der Waals surface area contributed by atoms with E-state index in [0.29, 0.717) is 38.9 Å². The fraction of sp³-hybridized carbons (Fsp3) is 0.0455. The average Bonchev–Trinajstić information content (AvgIpc) is 3.13. The highest BCUT2D eigenvalue weighted by atomic mass is 31.2. The van der Waals surface area contributed by atoms with E-state index in [1.165, 1.54) is 0 Å². The van der Waals surface area contributed by atoms with Gasteiger partial charge >= 0.3 is 0 Å². The topological polar surface area (TPSA) is 35.5 Å². The second-order valence-electron chi connectivity index (χ2n) is 12.5. The maximum Gasteiger partial charge on any atom is 0.185 e. The normalized spacial score (nSPS) is 15.4. The van der Waals surface area contributed by atoms with Gasteiger partial charge in [-0.3, -0.25) is 0 Å². The molecule has 0 radical (unpaired) electrons. The minimum Gasteiger partial charge on any atom is -0.455 e. The number of hydrogen-bond acceptors (Lipinski definition) is 3. The van der Waals surface area contributed by atoms with E-state index in [-0.39, 0.29) is 0 Å². The van der Waals surface area contributed by atoms with Gasteiger partial charge in [0.1, 0.15) is 28.3 Å². The van der Waals surface area contributed by atoms with E-state index < -0.39 is 7.14 Å². The molecule has 1 atom stereocenters. The Morgan fingerprint density at radius 2 is 0.917 bits per heavy atom. The number of aryl methyl sites for hydroxylation is 2. The third-order valence-electron chi connectivity index (χ3n) is 9.63. The lowest BCUT2D eigenvalue weighted by Gasteiger charge is -2.37. The first-order chi connectivity index (χ1) is 23.5. The lowest BCUT2D eigenvalue weighted by molar-refractivity contribution is 0.464. The van der Waals surface area contributed by atoms with Crippen molar-refractivity contribution in [1.29, 1.82) is 0 Å². The Bertz CT molecular complexity index is 2450. The Morgan fingerprint density at radius 3 is 1.54 bits per heavy atom. The van der Waals surface area contributed by atoms with E-state index in [9.17, 15) is 0 Å². The van der Waals surface area contributed by atoms with Gasteiger partial charge in [0.15, 0.2) is 7.14 Å². The molecule has 9 rings (SSSR count). The summed E-state index contributed by atoms with van der Waals surface area (Å²) in [6, 6.07) is 51.4. The second-order valence-corrected chi connectivity index (χ2v) is 15.1. The third-order valence-corrected chi connectivity index (χ3v) is 12.7. The Balaban J connectivity index is 1.41. The van der Waals surface area contributed by atoms with Gasteiger partial charge in [-0.2, -0.15) is 0 Å². The van der Waals surface area contributed by atoms with Crippen molar-refractivity contribution in [2.24, 2.45) is 0 Å². The van der Waals surface area contributed by atoms with Crippen LogP contribution in [0.4, 0.5) is 0 Å². The van der Waals surface area contributed by atoms with Crippen molar-refractivity contribution in [1.82, 2.24) is 0 Å². The van der Waals surface area contributed by atoms with Gasteiger partial charge in [-0.1, -0.05) is 121 Å². The number of ether oxygens (including phenoxy) is 2. The van der Waals surface area contributed by atoms with Crippen molar-refractivity contribution in [3.05, 3.63) is 163 Å². The molecule has 7 aromatic carbocycles. The van der Waals surface area contributed by atoms with Crippen LogP contribution in [0.3, 0.4) is 0 Å². The highest BCUT2D eigenvalue weighted by Gasteiger charge is 2.48. The lowest BCUT2D eigenvalue weighted by atomic mass is 9.94. The molecule has 0 aliphatic carbocycles. The van der Waals surface area contributed by atoms with E-state index in [2.05, 4.69) is 92.7 Å². The van der Waals surface area contributed by atoms with Crippen molar-refractivity contribution in [2.45, 2.75) is 13.8 Å². The molecular formula is C44H31O3P. The zero-order valence-electron chi connectivity index (χ0n) is 26.6. The highest BCUT2D eigenvalue weighted by molar-refractivity contribution is 7.86. The molecule has 48 heavy (non-hydrogen) atoms. The first kappa shape index (κ1) is 28.6. The Hall–Kier alpha value is -5.63.